The average molecular weight is 346 g/mol. The predicted molar refractivity (Wildman–Crippen MR) is 85.9 cm³/mol. The molecule has 0 bridgehead atoms. The van der Waals surface area contributed by atoms with Crippen LogP contribution < -0.4 is 9.44 Å². The van der Waals surface area contributed by atoms with Crippen molar-refractivity contribution in [2.45, 2.75) is 25.3 Å². The first-order chi connectivity index (χ1) is 10.4. The molecule has 0 unspecified atom stereocenters. The molecule has 0 radical (unpaired) electrons. The van der Waals surface area contributed by atoms with E-state index in [1.165, 1.54) is 7.05 Å². The van der Waals surface area contributed by atoms with Crippen LogP contribution in [0.3, 0.4) is 0 Å². The molecule has 8 heteroatoms. The summed E-state index contributed by atoms with van der Waals surface area (Å²) in [7, 11) is -2.30. The Hall–Kier alpha value is -1.15. The Morgan fingerprint density at radius 3 is 2.82 bits per heavy atom. The molecule has 2 N–H and O–H groups in total. The Balaban J connectivity index is 1.98. The zero-order valence-electron chi connectivity index (χ0n) is 12.4. The molecule has 0 aliphatic carbocycles. The molecule has 6 nitrogen and oxygen atoms in total. The number of hydrogen-bond donors (Lipinski definition) is 2. The van der Waals surface area contributed by atoms with Crippen LogP contribution in [0.4, 0.5) is 0 Å². The molecular weight excluding hydrogens is 326 g/mol. The van der Waals surface area contributed by atoms with Gasteiger partial charge in [0.05, 0.1) is 6.54 Å². The number of rotatable bonds is 6. The summed E-state index contributed by atoms with van der Waals surface area (Å²) in [6.45, 7) is 0.414. The van der Waals surface area contributed by atoms with Gasteiger partial charge in [0.25, 0.3) is 10.2 Å². The summed E-state index contributed by atoms with van der Waals surface area (Å²) in [5.74, 6) is -0.214. The first kappa shape index (κ1) is 17.2. The third kappa shape index (κ3) is 4.42. The second-order valence-electron chi connectivity index (χ2n) is 5.21. The summed E-state index contributed by atoms with van der Waals surface area (Å²) in [4.78, 5) is 14.0. The molecule has 122 valence electrons. The highest BCUT2D eigenvalue weighted by molar-refractivity contribution is 7.87. The third-order valence-electron chi connectivity index (χ3n) is 3.79. The van der Waals surface area contributed by atoms with Crippen LogP contribution in [-0.4, -0.2) is 45.4 Å². The van der Waals surface area contributed by atoms with E-state index in [9.17, 15) is 13.2 Å². The normalized spacial score (nSPS) is 18.6. The van der Waals surface area contributed by atoms with Crippen molar-refractivity contribution < 1.29 is 13.2 Å². The second kappa shape index (κ2) is 7.41. The van der Waals surface area contributed by atoms with E-state index in [4.69, 9.17) is 11.6 Å². The van der Waals surface area contributed by atoms with Gasteiger partial charge in [0.1, 0.15) is 0 Å². The zero-order valence-corrected chi connectivity index (χ0v) is 14.0. The number of hydrogen-bond acceptors (Lipinski definition) is 3. The Morgan fingerprint density at radius 1 is 1.41 bits per heavy atom. The molecule has 2 rings (SSSR count). The molecule has 0 aromatic heterocycles. The van der Waals surface area contributed by atoms with Gasteiger partial charge in [0.15, 0.2) is 0 Å². The fourth-order valence-electron chi connectivity index (χ4n) is 2.62. The fraction of sp³-hybridized carbons (Fsp3) is 0.500. The van der Waals surface area contributed by atoms with Gasteiger partial charge in [-0.25, -0.2) is 4.72 Å². The van der Waals surface area contributed by atoms with Crippen molar-refractivity contribution in [2.75, 3.05) is 20.1 Å². The summed E-state index contributed by atoms with van der Waals surface area (Å²) in [6, 6.07) is 7.64. The average Bonchev–Trinajstić information content (AvgIpc) is 2.95. The van der Waals surface area contributed by atoms with Crippen LogP contribution >= 0.6 is 11.6 Å². The largest absolute Gasteiger partial charge is 0.338 e. The summed E-state index contributed by atoms with van der Waals surface area (Å²) in [6.07, 6.45) is 2.50. The summed E-state index contributed by atoms with van der Waals surface area (Å²) >= 11 is 6.17. The van der Waals surface area contributed by atoms with E-state index in [0.717, 1.165) is 18.4 Å². The van der Waals surface area contributed by atoms with Crippen molar-refractivity contribution in [3.05, 3.63) is 34.9 Å². The van der Waals surface area contributed by atoms with Crippen LogP contribution in [0.5, 0.6) is 0 Å². The van der Waals surface area contributed by atoms with Crippen LogP contribution in [0.2, 0.25) is 5.02 Å². The Morgan fingerprint density at radius 2 is 2.14 bits per heavy atom. The minimum absolute atomic E-state index is 0.0616. The first-order valence-corrected chi connectivity index (χ1v) is 9.00. The third-order valence-corrected chi connectivity index (χ3v) is 5.22. The van der Waals surface area contributed by atoms with E-state index in [-0.39, 0.29) is 18.5 Å². The lowest BCUT2D eigenvalue weighted by Gasteiger charge is -2.25. The van der Waals surface area contributed by atoms with Crippen LogP contribution in [0.1, 0.15) is 18.4 Å². The Labute approximate surface area is 136 Å². The molecule has 1 aromatic carbocycles. The molecule has 1 aromatic rings. The fourth-order valence-corrected chi connectivity index (χ4v) is 3.30. The monoisotopic (exact) mass is 345 g/mol. The number of halogens is 1. The maximum Gasteiger partial charge on any atom is 0.277 e. The summed E-state index contributed by atoms with van der Waals surface area (Å²) < 4.78 is 27.0. The van der Waals surface area contributed by atoms with Crippen LogP contribution in [0.25, 0.3) is 0 Å². The van der Waals surface area contributed by atoms with Crippen molar-refractivity contribution in [3.63, 3.8) is 0 Å². The molecule has 0 saturated carbocycles. The smallest absolute Gasteiger partial charge is 0.277 e. The molecule has 1 aliphatic heterocycles. The molecule has 1 amide bonds. The maximum absolute atomic E-state index is 12.2. The van der Waals surface area contributed by atoms with Gasteiger partial charge < -0.3 is 4.90 Å². The second-order valence-corrected chi connectivity index (χ2v) is 7.32. The van der Waals surface area contributed by atoms with Gasteiger partial charge >= 0.3 is 0 Å². The lowest BCUT2D eigenvalue weighted by molar-refractivity contribution is -0.130. The van der Waals surface area contributed by atoms with E-state index >= 15 is 0 Å². The van der Waals surface area contributed by atoms with Crippen molar-refractivity contribution in [1.29, 1.82) is 0 Å². The molecule has 1 heterocycles. The van der Waals surface area contributed by atoms with E-state index in [2.05, 4.69) is 9.44 Å². The molecule has 1 atom stereocenters. The molecule has 1 fully saturated rings. The number of nitrogens with zero attached hydrogens (tertiary/aromatic N) is 1. The molecule has 22 heavy (non-hydrogen) atoms. The number of nitrogens with one attached hydrogen (secondary N) is 2. The highest BCUT2D eigenvalue weighted by atomic mass is 35.5. The highest BCUT2D eigenvalue weighted by Crippen LogP contribution is 2.24. The topological polar surface area (TPSA) is 78.5 Å². The molecule has 0 spiro atoms. The van der Waals surface area contributed by atoms with Gasteiger partial charge in [-0.2, -0.15) is 13.1 Å². The van der Waals surface area contributed by atoms with Crippen molar-refractivity contribution in [3.8, 4) is 0 Å². The van der Waals surface area contributed by atoms with Gasteiger partial charge in [-0.05, 0) is 30.9 Å². The van der Waals surface area contributed by atoms with Crippen molar-refractivity contribution in [1.82, 2.24) is 14.3 Å². The number of benzene rings is 1. The van der Waals surface area contributed by atoms with Gasteiger partial charge in [0, 0.05) is 24.7 Å². The lowest BCUT2D eigenvalue weighted by atomic mass is 10.0. The predicted octanol–water partition coefficient (Wildman–Crippen LogP) is 0.927. The minimum Gasteiger partial charge on any atom is -0.338 e. The Bertz CT molecular complexity index is 636. The van der Waals surface area contributed by atoms with Gasteiger partial charge in [0.2, 0.25) is 5.91 Å². The maximum atomic E-state index is 12.2. The van der Waals surface area contributed by atoms with Crippen molar-refractivity contribution >= 4 is 27.7 Å². The van der Waals surface area contributed by atoms with Gasteiger partial charge in [-0.3, -0.25) is 4.79 Å². The minimum atomic E-state index is -3.60. The number of carbonyl (C=O) groups is 1. The number of amides is 1. The zero-order chi connectivity index (χ0) is 16.2. The van der Waals surface area contributed by atoms with Gasteiger partial charge in [-0.1, -0.05) is 29.8 Å². The lowest BCUT2D eigenvalue weighted by Crippen LogP contribution is -2.45. The highest BCUT2D eigenvalue weighted by Gasteiger charge is 2.29. The Kier molecular flexibility index (Phi) is 5.80. The molecular formula is C14H20ClN3O3S. The summed E-state index contributed by atoms with van der Waals surface area (Å²) in [5.41, 5.74) is 1.00. The van der Waals surface area contributed by atoms with Crippen molar-refractivity contribution in [2.24, 2.45) is 0 Å². The van der Waals surface area contributed by atoms with E-state index in [0.29, 0.717) is 18.0 Å². The standard InChI is InChI=1S/C14H20ClN3O3S/c1-16-22(20,21)17-10-14(19)18-8-4-6-12(18)9-11-5-2-3-7-13(11)15/h2-3,5,7,12,16-17H,4,6,8-10H2,1H3/t12-/m0/s1. The molecule has 1 saturated heterocycles. The summed E-state index contributed by atoms with van der Waals surface area (Å²) in [5, 5.41) is 0.692. The van der Waals surface area contributed by atoms with Crippen LogP contribution in [-0.2, 0) is 21.4 Å². The van der Waals surface area contributed by atoms with Crippen LogP contribution in [0.15, 0.2) is 24.3 Å². The van der Waals surface area contributed by atoms with Crippen LogP contribution in [0, 0.1) is 0 Å². The van der Waals surface area contributed by atoms with E-state index < -0.39 is 10.2 Å². The molecule has 1 aliphatic rings. The number of likely N-dealkylation sites (tertiary alicyclic amines) is 1. The number of carbonyl (C=O) groups excluding carboxylic acids is 1. The van der Waals surface area contributed by atoms with Gasteiger partial charge in [-0.15, -0.1) is 0 Å². The van der Waals surface area contributed by atoms with E-state index in [1.807, 2.05) is 24.3 Å². The SMILES string of the molecule is CNS(=O)(=O)NCC(=O)N1CCC[C@H]1Cc1ccccc1Cl. The van der Waals surface area contributed by atoms with E-state index in [1.54, 1.807) is 4.90 Å². The quantitative estimate of drug-likeness (QED) is 0.805. The first-order valence-electron chi connectivity index (χ1n) is 7.14.